The van der Waals surface area contributed by atoms with Crippen molar-refractivity contribution < 1.29 is 13.6 Å². The van der Waals surface area contributed by atoms with Crippen molar-refractivity contribution >= 4 is 28.8 Å². The third-order valence-electron chi connectivity index (χ3n) is 2.81. The zero-order chi connectivity index (χ0) is 15.6. The van der Waals surface area contributed by atoms with E-state index in [2.05, 4.69) is 5.32 Å². The Labute approximate surface area is 125 Å². The molecule has 0 fully saturated rings. The topological polar surface area (TPSA) is 55.1 Å². The maximum absolute atomic E-state index is 13.8. The number of carbonyl (C=O) groups excluding carboxylic acids is 1. The van der Waals surface area contributed by atoms with E-state index in [1.807, 2.05) is 0 Å². The third-order valence-corrected chi connectivity index (χ3v) is 3.04. The van der Waals surface area contributed by atoms with Gasteiger partial charge in [0.2, 0.25) is 0 Å². The van der Waals surface area contributed by atoms with Crippen molar-refractivity contribution in [2.75, 3.05) is 5.32 Å². The first-order valence-electron chi connectivity index (χ1n) is 6.04. The highest BCUT2D eigenvalue weighted by Crippen LogP contribution is 2.17. The molecule has 2 aromatic rings. The Kier molecular flexibility index (Phi) is 4.28. The summed E-state index contributed by atoms with van der Waals surface area (Å²) in [6, 6.07) is 7.89. The number of aryl methyl sites for hydroxylation is 1. The number of halogens is 2. The molecule has 2 aromatic carbocycles. The van der Waals surface area contributed by atoms with Gasteiger partial charge in [0.15, 0.2) is 0 Å². The van der Waals surface area contributed by atoms with E-state index in [1.54, 1.807) is 6.92 Å². The molecule has 21 heavy (non-hydrogen) atoms. The summed E-state index contributed by atoms with van der Waals surface area (Å²) < 4.78 is 27.1. The predicted molar refractivity (Wildman–Crippen MR) is 81.4 cm³/mol. The highest BCUT2D eigenvalue weighted by molar-refractivity contribution is 7.80. The molecule has 3 N–H and O–H groups in total. The maximum atomic E-state index is 13.8. The second-order valence-electron chi connectivity index (χ2n) is 4.53. The molecule has 0 spiro atoms. The molecule has 0 bridgehead atoms. The first-order chi connectivity index (χ1) is 9.86. The number of hydrogen-bond acceptors (Lipinski definition) is 2. The summed E-state index contributed by atoms with van der Waals surface area (Å²) in [6.07, 6.45) is 0. The molecule has 1 amide bonds. The van der Waals surface area contributed by atoms with Crippen LogP contribution in [-0.4, -0.2) is 10.9 Å². The summed E-state index contributed by atoms with van der Waals surface area (Å²) in [5.41, 5.74) is 6.45. The minimum absolute atomic E-state index is 0.0260. The van der Waals surface area contributed by atoms with Gasteiger partial charge in [0.25, 0.3) is 5.91 Å². The number of anilines is 1. The van der Waals surface area contributed by atoms with Crippen LogP contribution in [0.25, 0.3) is 0 Å². The van der Waals surface area contributed by atoms with E-state index in [1.165, 1.54) is 24.3 Å². The summed E-state index contributed by atoms with van der Waals surface area (Å²) in [7, 11) is 0. The zero-order valence-electron chi connectivity index (χ0n) is 11.1. The van der Waals surface area contributed by atoms with E-state index in [0.717, 1.165) is 12.1 Å². The zero-order valence-corrected chi connectivity index (χ0v) is 11.9. The highest BCUT2D eigenvalue weighted by atomic mass is 32.1. The largest absolute Gasteiger partial charge is 0.389 e. The predicted octanol–water partition coefficient (Wildman–Crippen LogP) is 3.16. The van der Waals surface area contributed by atoms with Gasteiger partial charge in [0, 0.05) is 11.1 Å². The van der Waals surface area contributed by atoms with Crippen LogP contribution in [0.4, 0.5) is 14.5 Å². The Morgan fingerprint density at radius 1 is 1.14 bits per heavy atom. The van der Waals surface area contributed by atoms with E-state index < -0.39 is 17.5 Å². The molecule has 2 rings (SSSR count). The maximum Gasteiger partial charge on any atom is 0.255 e. The van der Waals surface area contributed by atoms with Crippen LogP contribution in [0, 0.1) is 18.6 Å². The average Bonchev–Trinajstić information content (AvgIpc) is 2.39. The number of nitrogens with two attached hydrogens (primary N) is 1. The molecule has 0 saturated heterocycles. The normalized spacial score (nSPS) is 10.2. The summed E-state index contributed by atoms with van der Waals surface area (Å²) in [5, 5.41) is 2.38. The first kappa shape index (κ1) is 15.1. The van der Waals surface area contributed by atoms with Crippen LogP contribution in [0.3, 0.4) is 0 Å². The van der Waals surface area contributed by atoms with Crippen LogP contribution in [-0.2, 0) is 0 Å². The quantitative estimate of drug-likeness (QED) is 0.857. The van der Waals surface area contributed by atoms with Crippen molar-refractivity contribution in [1.29, 1.82) is 0 Å². The number of nitrogens with one attached hydrogen (secondary N) is 1. The second kappa shape index (κ2) is 5.97. The molecule has 108 valence electrons. The molecule has 0 aliphatic rings. The molecule has 0 atom stereocenters. The van der Waals surface area contributed by atoms with Gasteiger partial charge in [0.1, 0.15) is 16.6 Å². The Balaban J connectivity index is 2.25. The SMILES string of the molecule is Cc1cc(F)cc(C(=O)Nc2ccc(C(N)=S)cc2F)c1. The van der Waals surface area contributed by atoms with Gasteiger partial charge in [-0.3, -0.25) is 4.79 Å². The molecule has 0 heterocycles. The van der Waals surface area contributed by atoms with Crippen LogP contribution < -0.4 is 11.1 Å². The van der Waals surface area contributed by atoms with Crippen molar-refractivity contribution in [2.45, 2.75) is 6.92 Å². The van der Waals surface area contributed by atoms with E-state index in [-0.39, 0.29) is 16.2 Å². The molecular formula is C15H12F2N2OS. The molecule has 0 aliphatic heterocycles. The van der Waals surface area contributed by atoms with Gasteiger partial charge in [0.05, 0.1) is 5.69 Å². The van der Waals surface area contributed by atoms with Gasteiger partial charge in [-0.1, -0.05) is 12.2 Å². The molecule has 0 aromatic heterocycles. The van der Waals surface area contributed by atoms with Crippen molar-refractivity contribution in [3.63, 3.8) is 0 Å². The lowest BCUT2D eigenvalue weighted by Crippen LogP contribution is -2.15. The fourth-order valence-corrected chi connectivity index (χ4v) is 1.96. The Morgan fingerprint density at radius 2 is 1.86 bits per heavy atom. The molecule has 3 nitrogen and oxygen atoms in total. The van der Waals surface area contributed by atoms with Gasteiger partial charge < -0.3 is 11.1 Å². The second-order valence-corrected chi connectivity index (χ2v) is 4.97. The van der Waals surface area contributed by atoms with Crippen LogP contribution in [0.2, 0.25) is 0 Å². The van der Waals surface area contributed by atoms with Crippen molar-refractivity contribution in [1.82, 2.24) is 0 Å². The monoisotopic (exact) mass is 306 g/mol. The van der Waals surface area contributed by atoms with Crippen molar-refractivity contribution in [3.8, 4) is 0 Å². The fraction of sp³-hybridized carbons (Fsp3) is 0.0667. The highest BCUT2D eigenvalue weighted by Gasteiger charge is 2.12. The van der Waals surface area contributed by atoms with Gasteiger partial charge in [-0.15, -0.1) is 0 Å². The average molecular weight is 306 g/mol. The first-order valence-corrected chi connectivity index (χ1v) is 6.45. The Morgan fingerprint density at radius 3 is 2.43 bits per heavy atom. The van der Waals surface area contributed by atoms with Crippen LogP contribution in [0.15, 0.2) is 36.4 Å². The molecule has 0 radical (unpaired) electrons. The fourth-order valence-electron chi connectivity index (χ4n) is 1.83. The van der Waals surface area contributed by atoms with Crippen molar-refractivity contribution in [2.24, 2.45) is 5.73 Å². The number of carbonyl (C=O) groups is 1. The van der Waals surface area contributed by atoms with Gasteiger partial charge in [-0.05, 0) is 48.9 Å². The van der Waals surface area contributed by atoms with Crippen molar-refractivity contribution in [3.05, 3.63) is 64.7 Å². The number of rotatable bonds is 3. The van der Waals surface area contributed by atoms with E-state index >= 15 is 0 Å². The third kappa shape index (κ3) is 3.61. The lowest BCUT2D eigenvalue weighted by Gasteiger charge is -2.08. The van der Waals surface area contributed by atoms with E-state index in [9.17, 15) is 13.6 Å². The number of thiocarbonyl (C=S) groups is 1. The lowest BCUT2D eigenvalue weighted by molar-refractivity contribution is 0.102. The summed E-state index contributed by atoms with van der Waals surface area (Å²) in [6.45, 7) is 1.66. The molecular weight excluding hydrogens is 294 g/mol. The lowest BCUT2D eigenvalue weighted by atomic mass is 10.1. The molecule has 6 heteroatoms. The minimum Gasteiger partial charge on any atom is -0.389 e. The van der Waals surface area contributed by atoms with Gasteiger partial charge >= 0.3 is 0 Å². The number of hydrogen-bond donors (Lipinski definition) is 2. The molecule has 0 unspecified atom stereocenters. The van der Waals surface area contributed by atoms with Crippen LogP contribution >= 0.6 is 12.2 Å². The summed E-state index contributed by atoms with van der Waals surface area (Å²) >= 11 is 4.74. The molecule has 0 saturated carbocycles. The van der Waals surface area contributed by atoms with Gasteiger partial charge in [-0.25, -0.2) is 8.78 Å². The van der Waals surface area contributed by atoms with Crippen LogP contribution in [0.1, 0.15) is 21.5 Å². The van der Waals surface area contributed by atoms with Crippen LogP contribution in [0.5, 0.6) is 0 Å². The standard InChI is InChI=1S/C15H12F2N2OS/c1-8-4-10(6-11(16)5-8)15(20)19-13-3-2-9(14(18)21)7-12(13)17/h2-7H,1H3,(H2,18,21)(H,19,20). The Hall–Kier alpha value is -2.34. The van der Waals surface area contributed by atoms with E-state index in [0.29, 0.717) is 11.1 Å². The molecule has 0 aliphatic carbocycles. The minimum atomic E-state index is -0.665. The number of benzene rings is 2. The van der Waals surface area contributed by atoms with Gasteiger partial charge in [-0.2, -0.15) is 0 Å². The number of amides is 1. The summed E-state index contributed by atoms with van der Waals surface area (Å²) in [5.74, 6) is -1.79. The summed E-state index contributed by atoms with van der Waals surface area (Å²) in [4.78, 5) is 12.1. The Bertz CT molecular complexity index is 711. The smallest absolute Gasteiger partial charge is 0.255 e. The van der Waals surface area contributed by atoms with E-state index in [4.69, 9.17) is 18.0 Å².